The van der Waals surface area contributed by atoms with Crippen LogP contribution in [0.5, 0.6) is 0 Å². The van der Waals surface area contributed by atoms with E-state index in [2.05, 4.69) is 4.72 Å². The molecule has 8 heteroatoms. The number of primary amides is 1. The molecule has 1 aromatic rings. The molecule has 1 aliphatic rings. The van der Waals surface area contributed by atoms with E-state index in [9.17, 15) is 13.4 Å². The highest BCUT2D eigenvalue weighted by Crippen LogP contribution is 2.35. The molecule has 21 heavy (non-hydrogen) atoms. The lowest BCUT2D eigenvalue weighted by atomic mass is 9.73. The van der Waals surface area contributed by atoms with E-state index in [-0.39, 0.29) is 12.1 Å². The number of rotatable bonds is 5. The van der Waals surface area contributed by atoms with E-state index >= 15 is 0 Å². The molecule has 0 aliphatic carbocycles. The summed E-state index contributed by atoms with van der Waals surface area (Å²) in [5, 5.41) is 0. The zero-order valence-corrected chi connectivity index (χ0v) is 12.1. The zero-order valence-electron chi connectivity index (χ0n) is 11.3. The first-order chi connectivity index (χ1) is 9.95. The van der Waals surface area contributed by atoms with Gasteiger partial charge >= 0.3 is 0 Å². The number of carbonyl (C=O) groups is 1. The molecule has 0 saturated carbocycles. The Hall–Kier alpha value is -1.35. The predicted octanol–water partition coefficient (Wildman–Crippen LogP) is 0.585. The van der Waals surface area contributed by atoms with Gasteiger partial charge in [0.1, 0.15) is 5.82 Å². The lowest BCUT2D eigenvalue weighted by Crippen LogP contribution is -2.45. The average molecular weight is 316 g/mol. The molecule has 1 atom stereocenters. The summed E-state index contributed by atoms with van der Waals surface area (Å²) in [5.41, 5.74) is 5.37. The van der Waals surface area contributed by atoms with Crippen molar-refractivity contribution in [3.63, 3.8) is 0 Å². The Kier molecular flexibility index (Phi) is 5.04. The van der Waals surface area contributed by atoms with E-state index in [4.69, 9.17) is 15.0 Å². The van der Waals surface area contributed by atoms with Crippen molar-refractivity contribution in [3.8, 4) is 0 Å². The second kappa shape index (κ2) is 6.61. The Bertz CT molecular complexity index is 561. The summed E-state index contributed by atoms with van der Waals surface area (Å²) in [5.74, 6) is -1.04. The van der Waals surface area contributed by atoms with Gasteiger partial charge in [0, 0.05) is 25.3 Å². The third-order valence-corrected chi connectivity index (χ3v) is 4.20. The predicted molar refractivity (Wildman–Crippen MR) is 74.9 cm³/mol. The number of amides is 1. The van der Waals surface area contributed by atoms with Crippen LogP contribution in [0.25, 0.3) is 0 Å². The number of nitrogens with one attached hydrogen (secondary N) is 1. The molecule has 1 heterocycles. The quantitative estimate of drug-likeness (QED) is 0.692. The monoisotopic (exact) mass is 316 g/mol. The standard InChI is InChI=1S/C13H17FN2O4S/c14-11-7-10(2-1-9(11)8-16-21(18)19)13(12(15)17)3-5-20-6-4-13/h1-2,7,16H,3-6,8H2,(H2,15,17)(H,18,19). The van der Waals surface area contributed by atoms with Crippen LogP contribution >= 0.6 is 0 Å². The number of halogens is 1. The van der Waals surface area contributed by atoms with Crippen LogP contribution < -0.4 is 10.5 Å². The van der Waals surface area contributed by atoms with Crippen molar-refractivity contribution in [1.29, 1.82) is 0 Å². The average Bonchev–Trinajstić information content (AvgIpc) is 2.46. The first-order valence-corrected chi connectivity index (χ1v) is 7.57. The second-order valence-electron chi connectivity index (χ2n) is 4.94. The molecule has 0 bridgehead atoms. The molecule has 1 aliphatic heterocycles. The fourth-order valence-electron chi connectivity index (χ4n) is 2.53. The second-order valence-corrected chi connectivity index (χ2v) is 5.72. The number of ether oxygens (including phenoxy) is 1. The molecule has 1 amide bonds. The molecule has 1 saturated heterocycles. The van der Waals surface area contributed by atoms with Crippen molar-refractivity contribution in [2.45, 2.75) is 24.8 Å². The van der Waals surface area contributed by atoms with Crippen molar-refractivity contribution in [3.05, 3.63) is 35.1 Å². The summed E-state index contributed by atoms with van der Waals surface area (Å²) in [6.07, 6.45) is 0.833. The van der Waals surface area contributed by atoms with Crippen molar-refractivity contribution in [2.24, 2.45) is 5.73 Å². The third kappa shape index (κ3) is 3.46. The summed E-state index contributed by atoms with van der Waals surface area (Å²) >= 11 is -2.21. The van der Waals surface area contributed by atoms with Gasteiger partial charge in [-0.3, -0.25) is 9.35 Å². The highest BCUT2D eigenvalue weighted by Gasteiger charge is 2.40. The van der Waals surface area contributed by atoms with Crippen molar-refractivity contribution in [2.75, 3.05) is 13.2 Å². The SMILES string of the molecule is NC(=O)C1(c2ccc(CNS(=O)O)c(F)c2)CCOCC1. The Labute approximate surface area is 124 Å². The lowest BCUT2D eigenvalue weighted by molar-refractivity contribution is -0.127. The minimum Gasteiger partial charge on any atom is -0.381 e. The summed E-state index contributed by atoms with van der Waals surface area (Å²) in [6.45, 7) is 0.719. The van der Waals surface area contributed by atoms with Gasteiger partial charge in [-0.1, -0.05) is 12.1 Å². The summed E-state index contributed by atoms with van der Waals surface area (Å²) in [4.78, 5) is 11.8. The lowest BCUT2D eigenvalue weighted by Gasteiger charge is -2.34. The molecule has 2 rings (SSSR count). The summed E-state index contributed by atoms with van der Waals surface area (Å²) in [7, 11) is 0. The fraction of sp³-hybridized carbons (Fsp3) is 0.462. The van der Waals surface area contributed by atoms with Gasteiger partial charge in [-0.25, -0.2) is 13.3 Å². The van der Waals surface area contributed by atoms with E-state index in [1.807, 2.05) is 0 Å². The summed E-state index contributed by atoms with van der Waals surface area (Å²) < 4.78 is 40.7. The largest absolute Gasteiger partial charge is 0.381 e. The van der Waals surface area contributed by atoms with E-state index in [1.54, 1.807) is 6.07 Å². The Morgan fingerprint density at radius 1 is 1.48 bits per heavy atom. The van der Waals surface area contributed by atoms with Crippen LogP contribution in [0.15, 0.2) is 18.2 Å². The summed E-state index contributed by atoms with van der Waals surface area (Å²) in [6, 6.07) is 4.40. The van der Waals surface area contributed by atoms with Crippen LogP contribution in [-0.4, -0.2) is 27.9 Å². The van der Waals surface area contributed by atoms with Crippen LogP contribution in [0.2, 0.25) is 0 Å². The maximum absolute atomic E-state index is 14.1. The maximum Gasteiger partial charge on any atom is 0.232 e. The normalized spacial score (nSPS) is 19.1. The van der Waals surface area contributed by atoms with Crippen LogP contribution in [0.3, 0.4) is 0 Å². The van der Waals surface area contributed by atoms with E-state index < -0.39 is 28.4 Å². The molecule has 1 fully saturated rings. The zero-order chi connectivity index (χ0) is 15.5. The number of hydrogen-bond acceptors (Lipinski definition) is 3. The van der Waals surface area contributed by atoms with Gasteiger partial charge in [0.15, 0.2) is 0 Å². The number of nitrogens with two attached hydrogens (primary N) is 1. The number of carbonyl (C=O) groups excluding carboxylic acids is 1. The molecule has 1 unspecified atom stereocenters. The molecule has 0 aromatic heterocycles. The molecule has 116 valence electrons. The van der Waals surface area contributed by atoms with Crippen LogP contribution in [0, 0.1) is 5.82 Å². The van der Waals surface area contributed by atoms with Gasteiger partial charge in [-0.05, 0) is 24.5 Å². The number of benzene rings is 1. The van der Waals surface area contributed by atoms with Crippen LogP contribution in [0.4, 0.5) is 4.39 Å². The first-order valence-electron chi connectivity index (χ1n) is 6.46. The molecular weight excluding hydrogens is 299 g/mol. The maximum atomic E-state index is 14.1. The van der Waals surface area contributed by atoms with E-state index in [0.29, 0.717) is 31.6 Å². The van der Waals surface area contributed by atoms with Crippen molar-refractivity contribution in [1.82, 2.24) is 4.72 Å². The number of hydrogen-bond donors (Lipinski definition) is 3. The Morgan fingerprint density at radius 2 is 2.14 bits per heavy atom. The first kappa shape index (κ1) is 16.0. The van der Waals surface area contributed by atoms with Gasteiger partial charge in [0.2, 0.25) is 17.2 Å². The molecule has 4 N–H and O–H groups in total. The topological polar surface area (TPSA) is 102 Å². The van der Waals surface area contributed by atoms with Crippen molar-refractivity contribution < 1.29 is 22.7 Å². The van der Waals surface area contributed by atoms with Crippen LogP contribution in [-0.2, 0) is 32.8 Å². The Morgan fingerprint density at radius 3 is 2.67 bits per heavy atom. The minimum atomic E-state index is -2.21. The van der Waals surface area contributed by atoms with Gasteiger partial charge in [0.25, 0.3) is 0 Å². The van der Waals surface area contributed by atoms with Gasteiger partial charge < -0.3 is 10.5 Å². The highest BCUT2D eigenvalue weighted by atomic mass is 32.2. The molecule has 0 spiro atoms. The van der Waals surface area contributed by atoms with Gasteiger partial charge in [-0.15, -0.1) is 0 Å². The smallest absolute Gasteiger partial charge is 0.232 e. The van der Waals surface area contributed by atoms with Crippen molar-refractivity contribution >= 4 is 17.2 Å². The molecule has 0 radical (unpaired) electrons. The molecule has 6 nitrogen and oxygen atoms in total. The van der Waals surface area contributed by atoms with E-state index in [1.165, 1.54) is 12.1 Å². The minimum absolute atomic E-state index is 0.0814. The molecular formula is C13H17FN2O4S. The highest BCUT2D eigenvalue weighted by molar-refractivity contribution is 7.77. The molecule has 1 aromatic carbocycles. The van der Waals surface area contributed by atoms with E-state index in [0.717, 1.165) is 0 Å². The third-order valence-electron chi connectivity index (χ3n) is 3.81. The van der Waals surface area contributed by atoms with Crippen LogP contribution in [0.1, 0.15) is 24.0 Å². The fourth-order valence-corrected chi connectivity index (χ4v) is 2.80. The van der Waals surface area contributed by atoms with Gasteiger partial charge in [0.05, 0.1) is 5.41 Å². The Balaban J connectivity index is 2.28. The van der Waals surface area contributed by atoms with Gasteiger partial charge in [-0.2, -0.15) is 0 Å².